The summed E-state index contributed by atoms with van der Waals surface area (Å²) < 4.78 is 36.7. The zero-order valence-electron chi connectivity index (χ0n) is 34.4. The lowest BCUT2D eigenvalue weighted by Crippen LogP contribution is -2.30. The summed E-state index contributed by atoms with van der Waals surface area (Å²) in [7, 11) is 8.31. The predicted octanol–water partition coefficient (Wildman–Crippen LogP) is 6.71. The van der Waals surface area contributed by atoms with Gasteiger partial charge in [0.2, 0.25) is 18.6 Å². The van der Waals surface area contributed by atoms with Gasteiger partial charge in [0.25, 0.3) is 5.56 Å². The van der Waals surface area contributed by atoms with Crippen molar-refractivity contribution in [2.75, 3.05) is 53.5 Å². The lowest BCUT2D eigenvalue weighted by molar-refractivity contribution is -0.141. The number of fused-ring (bicyclic) bond motifs is 6. The van der Waals surface area contributed by atoms with Crippen molar-refractivity contribution in [3.05, 3.63) is 65.1 Å². The van der Waals surface area contributed by atoms with Crippen LogP contribution < -0.4 is 34.1 Å². The number of imide groups is 1. The first-order valence-corrected chi connectivity index (χ1v) is 19.4. The minimum absolute atomic E-state index is 0.0533. The van der Waals surface area contributed by atoms with Crippen LogP contribution in [-0.4, -0.2) is 95.3 Å². The highest BCUT2D eigenvalue weighted by Gasteiger charge is 2.24. The van der Waals surface area contributed by atoms with Crippen molar-refractivity contribution in [1.82, 2.24) is 19.4 Å². The van der Waals surface area contributed by atoms with Crippen molar-refractivity contribution in [3.63, 3.8) is 0 Å². The van der Waals surface area contributed by atoms with Gasteiger partial charge in [-0.1, -0.05) is 39.8 Å². The molecule has 2 aromatic heterocycles. The summed E-state index contributed by atoms with van der Waals surface area (Å²) in [6.07, 6.45) is 1.51. The van der Waals surface area contributed by atoms with Crippen LogP contribution in [0, 0.1) is 0 Å². The number of esters is 1. The van der Waals surface area contributed by atoms with Crippen LogP contribution in [0.2, 0.25) is 0 Å². The van der Waals surface area contributed by atoms with Crippen molar-refractivity contribution in [3.8, 4) is 28.7 Å². The van der Waals surface area contributed by atoms with Gasteiger partial charge in [-0.15, -0.1) is 0 Å². The standard InChI is InChI=1S/C33H32N4O8.C6H11NO2.C2H6.HIO/c1-6-30(38)44-25-10-8-7-9-24(25)36(4)33(40)45-29-14-20-19(13-26(29)41-5)22-17-34-23-16-28-27(42-18-43-28)15-21(23)31(22)37(32(20)39)12-11-35(2)3;1-4-6(9)7(3)5(2)8;2*1-2/h7-10,13-17H,6,11-12,18H2,1-5H3;4H2,1-3H3;1-2H3;2H. The molecule has 3 aromatic carbocycles. The summed E-state index contributed by atoms with van der Waals surface area (Å²) in [4.78, 5) is 69.7. The number of aromatic nitrogens is 2. The number of hydrogen-bond acceptors (Lipinski definition) is 13. The molecular formula is C41H50IN5O11. The molecule has 3 amide bonds. The number of carbonyl (C=O) groups excluding carboxylic acids is 4. The maximum Gasteiger partial charge on any atom is 0.419 e. The fraction of sp³-hybridized carbons (Fsp3) is 0.366. The fourth-order valence-electron chi connectivity index (χ4n) is 5.70. The number of methoxy groups -OCH3 is 1. The van der Waals surface area contributed by atoms with Crippen LogP contribution in [0.5, 0.6) is 28.7 Å². The van der Waals surface area contributed by atoms with E-state index in [1.807, 2.05) is 45.0 Å². The summed E-state index contributed by atoms with van der Waals surface area (Å²) in [5, 5.41) is 2.37. The van der Waals surface area contributed by atoms with Gasteiger partial charge in [-0.3, -0.25) is 34.0 Å². The number of halogens is 1. The molecule has 16 nitrogen and oxygen atoms in total. The van der Waals surface area contributed by atoms with Gasteiger partial charge in [0.15, 0.2) is 28.7 Å². The van der Waals surface area contributed by atoms with Gasteiger partial charge in [-0.25, -0.2) is 4.79 Å². The van der Waals surface area contributed by atoms with Gasteiger partial charge in [0.05, 0.1) is 29.2 Å². The monoisotopic (exact) mass is 915 g/mol. The molecule has 6 rings (SSSR count). The summed E-state index contributed by atoms with van der Waals surface area (Å²) in [6, 6.07) is 13.5. The quantitative estimate of drug-likeness (QED) is 0.0715. The highest BCUT2D eigenvalue weighted by Crippen LogP contribution is 2.40. The minimum atomic E-state index is -0.773. The maximum absolute atomic E-state index is 14.2. The van der Waals surface area contributed by atoms with E-state index < -0.39 is 12.1 Å². The SMILES string of the molecule is CC.CCC(=O)N(C)C(C)=O.CCC(=O)Oc1ccccc1N(C)C(=O)Oc1cc2c(=O)n(CCN(C)C)c3c4cc5c(cc4ncc3c2cc1OC)OCO5.OI. The van der Waals surface area contributed by atoms with Gasteiger partial charge in [-0.2, -0.15) is 0 Å². The largest absolute Gasteiger partial charge is 0.493 e. The lowest BCUT2D eigenvalue weighted by Gasteiger charge is -2.21. The third kappa shape index (κ3) is 10.7. The number of rotatable bonds is 9. The van der Waals surface area contributed by atoms with Gasteiger partial charge in [0, 0.05) is 75.4 Å². The molecule has 1 aliphatic heterocycles. The third-order valence-electron chi connectivity index (χ3n) is 8.80. The van der Waals surface area contributed by atoms with Crippen LogP contribution in [-0.2, 0) is 20.9 Å². The number of benzene rings is 3. The van der Waals surface area contributed by atoms with E-state index in [1.165, 1.54) is 39.1 Å². The van der Waals surface area contributed by atoms with Crippen molar-refractivity contribution in [1.29, 1.82) is 0 Å². The van der Waals surface area contributed by atoms with Crippen LogP contribution in [0.3, 0.4) is 0 Å². The first-order chi connectivity index (χ1) is 27.8. The molecule has 0 saturated heterocycles. The second-order valence-corrected chi connectivity index (χ2v) is 12.6. The molecule has 312 valence electrons. The van der Waals surface area contributed by atoms with Gasteiger partial charge in [-0.05, 0) is 44.4 Å². The van der Waals surface area contributed by atoms with E-state index in [-0.39, 0.29) is 47.8 Å². The number of hydrogen-bond donors (Lipinski definition) is 1. The van der Waals surface area contributed by atoms with Crippen molar-refractivity contribution >= 4 is 85.1 Å². The molecule has 0 spiro atoms. The molecule has 0 fully saturated rings. The van der Waals surface area contributed by atoms with Crippen LogP contribution >= 0.6 is 23.0 Å². The highest BCUT2D eigenvalue weighted by atomic mass is 127. The van der Waals surface area contributed by atoms with E-state index in [0.717, 1.165) is 38.7 Å². The van der Waals surface area contributed by atoms with E-state index >= 15 is 0 Å². The topological polar surface area (TPSA) is 179 Å². The molecule has 58 heavy (non-hydrogen) atoms. The Labute approximate surface area is 350 Å². The average Bonchev–Trinajstić information content (AvgIpc) is 3.70. The van der Waals surface area contributed by atoms with E-state index in [9.17, 15) is 24.0 Å². The molecule has 0 radical (unpaired) electrons. The Hall–Kier alpha value is -5.53. The van der Waals surface area contributed by atoms with Crippen LogP contribution in [0.15, 0.2) is 59.5 Å². The first-order valence-electron chi connectivity index (χ1n) is 18.4. The molecule has 3 heterocycles. The number of likely N-dealkylation sites (N-methyl/N-ethyl adjacent to an activating group) is 1. The van der Waals surface area contributed by atoms with Crippen molar-refractivity contribution in [2.45, 2.75) is 54.0 Å². The van der Waals surface area contributed by atoms with E-state index in [2.05, 4.69) is 0 Å². The summed E-state index contributed by atoms with van der Waals surface area (Å²) in [6.45, 7) is 9.88. The van der Waals surface area contributed by atoms with E-state index in [4.69, 9.17) is 32.1 Å². The Morgan fingerprint density at radius 3 is 2.07 bits per heavy atom. The number of carbonyl (C=O) groups is 4. The Balaban J connectivity index is 0.000000607. The molecule has 0 aliphatic carbocycles. The number of amides is 3. The zero-order chi connectivity index (χ0) is 43.3. The van der Waals surface area contributed by atoms with E-state index in [1.54, 1.807) is 54.9 Å². The number of nitrogens with zero attached hydrogens (tertiary/aromatic N) is 5. The summed E-state index contributed by atoms with van der Waals surface area (Å²) in [5.41, 5.74) is 1.42. The maximum atomic E-state index is 14.2. The second-order valence-electron chi connectivity index (χ2n) is 12.6. The van der Waals surface area contributed by atoms with Crippen LogP contribution in [0.4, 0.5) is 10.5 Å². The Morgan fingerprint density at radius 1 is 0.845 bits per heavy atom. The number of para-hydroxylation sites is 2. The average molecular weight is 916 g/mol. The molecule has 0 atom stereocenters. The Bertz CT molecular complexity index is 2330. The molecule has 1 N–H and O–H groups in total. The Morgan fingerprint density at radius 2 is 1.48 bits per heavy atom. The Kier molecular flexibility index (Phi) is 17.6. The van der Waals surface area contributed by atoms with Crippen molar-refractivity contribution < 1.29 is 46.3 Å². The molecule has 0 saturated carbocycles. The van der Waals surface area contributed by atoms with Gasteiger partial charge >= 0.3 is 12.1 Å². The molecular weight excluding hydrogens is 865 g/mol. The molecule has 0 bridgehead atoms. The lowest BCUT2D eigenvalue weighted by atomic mass is 10.0. The normalized spacial score (nSPS) is 11.1. The summed E-state index contributed by atoms with van der Waals surface area (Å²) >= 11 is 1.15. The van der Waals surface area contributed by atoms with Crippen LogP contribution in [0.1, 0.15) is 47.5 Å². The highest BCUT2D eigenvalue weighted by molar-refractivity contribution is 14.1. The molecule has 1 aliphatic rings. The number of anilines is 1. The van der Waals surface area contributed by atoms with E-state index in [0.29, 0.717) is 58.5 Å². The van der Waals surface area contributed by atoms with Crippen LogP contribution in [0.25, 0.3) is 32.6 Å². The first kappa shape index (κ1) is 46.8. The summed E-state index contributed by atoms with van der Waals surface area (Å²) in [5.74, 6) is 0.909. The van der Waals surface area contributed by atoms with Gasteiger partial charge in [0.1, 0.15) is 23.0 Å². The number of ether oxygens (including phenoxy) is 5. The smallest absolute Gasteiger partial charge is 0.419 e. The second kappa shape index (κ2) is 21.8. The number of pyridine rings is 2. The zero-order valence-corrected chi connectivity index (χ0v) is 36.5. The van der Waals surface area contributed by atoms with Crippen molar-refractivity contribution in [2.24, 2.45) is 0 Å². The third-order valence-corrected chi connectivity index (χ3v) is 8.80. The molecule has 17 heteroatoms. The predicted molar refractivity (Wildman–Crippen MR) is 230 cm³/mol. The minimum Gasteiger partial charge on any atom is -0.493 e. The fourth-order valence-corrected chi connectivity index (χ4v) is 5.70. The molecule has 5 aromatic rings. The molecule has 0 unspecified atom stereocenters. The van der Waals surface area contributed by atoms with Gasteiger partial charge < -0.3 is 36.6 Å².